The number of carbonyl (C=O) groups is 2. The third kappa shape index (κ3) is 11.5. The first kappa shape index (κ1) is 38.8. The Balaban J connectivity index is 1.24. The highest BCUT2D eigenvalue weighted by molar-refractivity contribution is 5.97. The van der Waals surface area contributed by atoms with Crippen molar-refractivity contribution in [2.75, 3.05) is 13.2 Å². The molecule has 2 atom stereocenters. The van der Waals surface area contributed by atoms with Crippen molar-refractivity contribution in [1.82, 2.24) is 35.4 Å². The number of hydrogen-bond acceptors (Lipinski definition) is 8. The normalized spacial score (nSPS) is 12.5. The van der Waals surface area contributed by atoms with Gasteiger partial charge in [0.15, 0.2) is 5.82 Å². The summed E-state index contributed by atoms with van der Waals surface area (Å²) in [6.07, 6.45) is 12.8. The molecule has 5 aromatic rings. The van der Waals surface area contributed by atoms with E-state index in [-0.39, 0.29) is 30.9 Å². The Morgan fingerprint density at radius 3 is 2.13 bits per heavy atom. The van der Waals surface area contributed by atoms with E-state index in [1.54, 1.807) is 24.5 Å². The SMILES string of the molecule is CCCCCCCOc1ccc(-c2cnc(-c3ccc(CC(NC(=O)c4ccc(C(C)(C)C)cc4)C(=O)NC(CO)Cn4cncn4)cc3)nc2)cc1. The van der Waals surface area contributed by atoms with Crippen molar-refractivity contribution in [2.45, 2.75) is 90.3 Å². The number of amides is 2. The van der Waals surface area contributed by atoms with Crippen molar-refractivity contribution >= 4 is 11.8 Å². The second-order valence-corrected chi connectivity index (χ2v) is 14.3. The maximum absolute atomic E-state index is 13.6. The van der Waals surface area contributed by atoms with Crippen LogP contribution in [-0.2, 0) is 23.2 Å². The molecular formula is C42H51N7O4. The van der Waals surface area contributed by atoms with Gasteiger partial charge in [-0.1, -0.05) is 102 Å². The van der Waals surface area contributed by atoms with Gasteiger partial charge in [-0.3, -0.25) is 14.3 Å². The van der Waals surface area contributed by atoms with Gasteiger partial charge in [0.1, 0.15) is 24.4 Å². The first-order chi connectivity index (χ1) is 25.6. The van der Waals surface area contributed by atoms with Crippen molar-refractivity contribution in [1.29, 1.82) is 0 Å². The minimum Gasteiger partial charge on any atom is -0.494 e. The number of aromatic nitrogens is 5. The predicted molar refractivity (Wildman–Crippen MR) is 206 cm³/mol. The molecular weight excluding hydrogens is 667 g/mol. The summed E-state index contributed by atoms with van der Waals surface area (Å²) in [5.41, 5.74) is 5.04. The smallest absolute Gasteiger partial charge is 0.251 e. The Morgan fingerprint density at radius 2 is 1.51 bits per heavy atom. The highest BCUT2D eigenvalue weighted by atomic mass is 16.5. The summed E-state index contributed by atoms with van der Waals surface area (Å²) in [7, 11) is 0. The zero-order valence-electron chi connectivity index (χ0n) is 31.2. The third-order valence-corrected chi connectivity index (χ3v) is 9.08. The number of ether oxygens (including phenoxy) is 1. The molecule has 2 heterocycles. The first-order valence-electron chi connectivity index (χ1n) is 18.4. The van der Waals surface area contributed by atoms with Crippen LogP contribution in [0.15, 0.2) is 97.8 Å². The quantitative estimate of drug-likeness (QED) is 0.0865. The molecule has 0 aliphatic carbocycles. The molecule has 0 aliphatic rings. The van der Waals surface area contributed by atoms with Gasteiger partial charge in [0, 0.05) is 35.5 Å². The highest BCUT2D eigenvalue weighted by Crippen LogP contribution is 2.25. The summed E-state index contributed by atoms with van der Waals surface area (Å²) in [4.78, 5) is 40.2. The molecule has 53 heavy (non-hydrogen) atoms. The van der Waals surface area contributed by atoms with Crippen LogP contribution in [0.25, 0.3) is 22.5 Å². The van der Waals surface area contributed by atoms with E-state index in [1.165, 1.54) is 43.0 Å². The van der Waals surface area contributed by atoms with E-state index < -0.39 is 18.0 Å². The number of nitrogens with zero attached hydrogens (tertiary/aromatic N) is 5. The number of hydrogen-bond donors (Lipinski definition) is 3. The van der Waals surface area contributed by atoms with E-state index in [2.05, 4.69) is 58.4 Å². The van der Waals surface area contributed by atoms with Crippen molar-refractivity contribution in [2.24, 2.45) is 0 Å². The van der Waals surface area contributed by atoms with Crippen LogP contribution in [0, 0.1) is 0 Å². The molecule has 11 nitrogen and oxygen atoms in total. The van der Waals surface area contributed by atoms with E-state index in [4.69, 9.17) is 4.74 Å². The van der Waals surface area contributed by atoms with Gasteiger partial charge in [-0.15, -0.1) is 0 Å². The molecule has 278 valence electrons. The summed E-state index contributed by atoms with van der Waals surface area (Å²) in [5.74, 6) is 0.640. The summed E-state index contributed by atoms with van der Waals surface area (Å²) in [5, 5.41) is 19.9. The minimum atomic E-state index is -0.918. The summed E-state index contributed by atoms with van der Waals surface area (Å²) < 4.78 is 7.43. The second-order valence-electron chi connectivity index (χ2n) is 14.3. The number of rotatable bonds is 18. The number of nitrogens with one attached hydrogen (secondary N) is 2. The van der Waals surface area contributed by atoms with Crippen LogP contribution in [0.2, 0.25) is 0 Å². The van der Waals surface area contributed by atoms with Gasteiger partial charge in [0.25, 0.3) is 5.91 Å². The zero-order chi connectivity index (χ0) is 37.6. The highest BCUT2D eigenvalue weighted by Gasteiger charge is 2.25. The molecule has 2 aromatic heterocycles. The molecule has 3 N–H and O–H groups in total. The Kier molecular flexibility index (Phi) is 13.8. The fourth-order valence-electron chi connectivity index (χ4n) is 5.87. The van der Waals surface area contributed by atoms with Gasteiger partial charge >= 0.3 is 0 Å². The monoisotopic (exact) mass is 717 g/mol. The molecule has 0 aliphatic heterocycles. The van der Waals surface area contributed by atoms with Crippen LogP contribution in [0.3, 0.4) is 0 Å². The third-order valence-electron chi connectivity index (χ3n) is 9.08. The van der Waals surface area contributed by atoms with Gasteiger partial charge in [-0.2, -0.15) is 5.10 Å². The molecule has 0 saturated heterocycles. The molecule has 2 unspecified atom stereocenters. The van der Waals surface area contributed by atoms with E-state index in [1.807, 2.05) is 60.7 Å². The lowest BCUT2D eigenvalue weighted by molar-refractivity contribution is -0.124. The topological polar surface area (TPSA) is 144 Å². The van der Waals surface area contributed by atoms with Crippen LogP contribution >= 0.6 is 0 Å². The lowest BCUT2D eigenvalue weighted by Crippen LogP contribution is -2.52. The average molecular weight is 718 g/mol. The Labute approximate surface area is 312 Å². The zero-order valence-corrected chi connectivity index (χ0v) is 31.2. The van der Waals surface area contributed by atoms with E-state index in [9.17, 15) is 14.7 Å². The van der Waals surface area contributed by atoms with Crippen LogP contribution in [-0.4, -0.2) is 67.0 Å². The Hall–Kier alpha value is -5.42. The number of carbonyl (C=O) groups excluding carboxylic acids is 2. The number of benzene rings is 3. The van der Waals surface area contributed by atoms with Crippen LogP contribution in [0.4, 0.5) is 0 Å². The number of aliphatic hydroxyl groups is 1. The van der Waals surface area contributed by atoms with E-state index in [0.29, 0.717) is 11.4 Å². The lowest BCUT2D eigenvalue weighted by Gasteiger charge is -2.23. The molecule has 0 spiro atoms. The predicted octanol–water partition coefficient (Wildman–Crippen LogP) is 6.57. The van der Waals surface area contributed by atoms with E-state index >= 15 is 0 Å². The van der Waals surface area contributed by atoms with Crippen LogP contribution in [0.1, 0.15) is 81.3 Å². The minimum absolute atomic E-state index is 0.0607. The van der Waals surface area contributed by atoms with Crippen molar-refractivity contribution < 1.29 is 19.4 Å². The molecule has 0 bridgehead atoms. The Morgan fingerprint density at radius 1 is 0.830 bits per heavy atom. The summed E-state index contributed by atoms with van der Waals surface area (Å²) in [6, 6.07) is 21.5. The molecule has 11 heteroatoms. The standard InChI is InChI=1S/C42H51N7O4/c1-5-6-7-8-9-22-53-37-20-16-31(17-21-37)34-24-44-39(45-25-34)32-12-10-30(11-13-32)23-38(41(52)47-36(27-50)26-49-29-43-28-46-49)48-40(51)33-14-18-35(19-15-33)42(2,3)4/h10-21,24-25,28-29,36,38,50H,5-9,22-23,26-27H2,1-4H3,(H,47,52)(H,48,51). The summed E-state index contributed by atoms with van der Waals surface area (Å²) in [6.45, 7) is 9.19. The van der Waals surface area contributed by atoms with Crippen molar-refractivity contribution in [3.05, 3.63) is 115 Å². The molecule has 0 saturated carbocycles. The summed E-state index contributed by atoms with van der Waals surface area (Å²) >= 11 is 0. The fraction of sp³-hybridized carbons (Fsp3) is 0.381. The second kappa shape index (κ2) is 18.9. The van der Waals surface area contributed by atoms with E-state index in [0.717, 1.165) is 46.6 Å². The van der Waals surface area contributed by atoms with Gasteiger partial charge in [-0.25, -0.2) is 15.0 Å². The maximum atomic E-state index is 13.6. The maximum Gasteiger partial charge on any atom is 0.251 e. The van der Waals surface area contributed by atoms with Gasteiger partial charge in [-0.05, 0) is 52.8 Å². The number of unbranched alkanes of at least 4 members (excludes halogenated alkanes) is 4. The lowest BCUT2D eigenvalue weighted by atomic mass is 9.86. The first-order valence-corrected chi connectivity index (χ1v) is 18.4. The molecule has 3 aromatic carbocycles. The number of aliphatic hydroxyl groups excluding tert-OH is 1. The van der Waals surface area contributed by atoms with Crippen molar-refractivity contribution in [3.8, 4) is 28.3 Å². The molecule has 0 radical (unpaired) electrons. The molecule has 5 rings (SSSR count). The Bertz CT molecular complexity index is 1850. The largest absolute Gasteiger partial charge is 0.494 e. The van der Waals surface area contributed by atoms with Gasteiger partial charge in [0.05, 0.1) is 25.8 Å². The van der Waals surface area contributed by atoms with Crippen LogP contribution in [0.5, 0.6) is 5.75 Å². The van der Waals surface area contributed by atoms with Gasteiger partial charge < -0.3 is 20.5 Å². The van der Waals surface area contributed by atoms with Crippen LogP contribution < -0.4 is 15.4 Å². The van der Waals surface area contributed by atoms with Gasteiger partial charge in [0.2, 0.25) is 5.91 Å². The molecule has 0 fully saturated rings. The average Bonchev–Trinajstić information content (AvgIpc) is 3.69. The fourth-order valence-corrected chi connectivity index (χ4v) is 5.87. The molecule has 2 amide bonds. The van der Waals surface area contributed by atoms with Crippen molar-refractivity contribution in [3.63, 3.8) is 0 Å².